The third-order valence-electron chi connectivity index (χ3n) is 3.24. The molecule has 0 spiro atoms. The van der Waals surface area contributed by atoms with Crippen molar-refractivity contribution in [2.24, 2.45) is 5.92 Å². The fraction of sp³-hybridized carbons (Fsp3) is 0.462. The summed E-state index contributed by atoms with van der Waals surface area (Å²) in [4.78, 5) is 12.0. The molecular formula is C13H14F2O2. The molecule has 0 saturated heterocycles. The van der Waals surface area contributed by atoms with E-state index in [4.69, 9.17) is 0 Å². The van der Waals surface area contributed by atoms with Crippen molar-refractivity contribution in [3.05, 3.63) is 29.3 Å². The van der Waals surface area contributed by atoms with Gasteiger partial charge >= 0.3 is 0 Å². The second-order valence-electron chi connectivity index (χ2n) is 4.29. The summed E-state index contributed by atoms with van der Waals surface area (Å²) in [5.41, 5.74) is -0.0600. The monoisotopic (exact) mass is 240 g/mol. The zero-order valence-corrected chi connectivity index (χ0v) is 9.63. The van der Waals surface area contributed by atoms with E-state index in [-0.39, 0.29) is 17.3 Å². The van der Waals surface area contributed by atoms with Crippen molar-refractivity contribution < 1.29 is 18.3 Å². The molecule has 92 valence electrons. The highest BCUT2D eigenvalue weighted by molar-refractivity contribution is 5.98. The summed E-state index contributed by atoms with van der Waals surface area (Å²) < 4.78 is 31.7. The quantitative estimate of drug-likeness (QED) is 0.757. The number of carbonyl (C=O) groups is 1. The van der Waals surface area contributed by atoms with E-state index in [1.54, 1.807) is 0 Å². The number of ether oxygens (including phenoxy) is 1. The number of carbonyl (C=O) groups excluding carboxylic acids is 1. The van der Waals surface area contributed by atoms with Crippen LogP contribution in [0.1, 0.15) is 36.0 Å². The number of hydrogen-bond donors (Lipinski definition) is 0. The molecule has 0 aromatic heterocycles. The maximum atomic E-state index is 13.9. The highest BCUT2D eigenvalue weighted by Gasteiger charge is 2.27. The zero-order chi connectivity index (χ0) is 12.4. The van der Waals surface area contributed by atoms with Crippen molar-refractivity contribution in [2.75, 3.05) is 7.11 Å². The van der Waals surface area contributed by atoms with Gasteiger partial charge in [-0.3, -0.25) is 4.79 Å². The number of hydrogen-bond acceptors (Lipinski definition) is 2. The molecule has 1 aliphatic carbocycles. The van der Waals surface area contributed by atoms with Gasteiger partial charge in [-0.25, -0.2) is 8.78 Å². The topological polar surface area (TPSA) is 26.3 Å². The first-order chi connectivity index (χ1) is 8.15. The average Bonchev–Trinajstić information content (AvgIpc) is 2.82. The number of rotatable bonds is 3. The molecule has 1 saturated carbocycles. The third-order valence-corrected chi connectivity index (χ3v) is 3.24. The smallest absolute Gasteiger partial charge is 0.191 e. The van der Waals surface area contributed by atoms with Gasteiger partial charge in [-0.2, -0.15) is 0 Å². The Bertz CT molecular complexity index is 437. The van der Waals surface area contributed by atoms with Crippen LogP contribution in [0.4, 0.5) is 8.78 Å². The SMILES string of the molecule is COc1c(F)ccc(C(=O)C2CCCC2)c1F. The fourth-order valence-corrected chi connectivity index (χ4v) is 2.32. The van der Waals surface area contributed by atoms with Crippen molar-refractivity contribution in [1.29, 1.82) is 0 Å². The molecule has 2 rings (SSSR count). The minimum Gasteiger partial charge on any atom is -0.491 e. The van der Waals surface area contributed by atoms with E-state index < -0.39 is 17.4 Å². The molecule has 1 fully saturated rings. The van der Waals surface area contributed by atoms with Crippen LogP contribution in [0.2, 0.25) is 0 Å². The molecular weight excluding hydrogens is 226 g/mol. The molecule has 1 aromatic rings. The van der Waals surface area contributed by atoms with Gasteiger partial charge < -0.3 is 4.74 Å². The van der Waals surface area contributed by atoms with E-state index >= 15 is 0 Å². The molecule has 17 heavy (non-hydrogen) atoms. The van der Waals surface area contributed by atoms with Crippen molar-refractivity contribution >= 4 is 5.78 Å². The number of ketones is 1. The first-order valence-corrected chi connectivity index (χ1v) is 5.71. The molecule has 1 aromatic carbocycles. The number of methoxy groups -OCH3 is 1. The Balaban J connectivity index is 2.35. The van der Waals surface area contributed by atoms with Gasteiger partial charge in [-0.1, -0.05) is 12.8 Å². The molecule has 2 nitrogen and oxygen atoms in total. The van der Waals surface area contributed by atoms with Gasteiger partial charge in [0.2, 0.25) is 0 Å². The second kappa shape index (κ2) is 4.82. The molecule has 0 atom stereocenters. The Labute approximate surface area is 98.6 Å². The summed E-state index contributed by atoms with van der Waals surface area (Å²) in [6, 6.07) is 2.28. The third kappa shape index (κ3) is 2.16. The number of Topliss-reactive ketones (excluding diaryl/α,β-unsaturated/α-hetero) is 1. The molecule has 4 heteroatoms. The largest absolute Gasteiger partial charge is 0.491 e. The molecule has 0 amide bonds. The maximum Gasteiger partial charge on any atom is 0.191 e. The lowest BCUT2D eigenvalue weighted by molar-refractivity contribution is 0.0917. The van der Waals surface area contributed by atoms with Crippen LogP contribution >= 0.6 is 0 Å². The zero-order valence-electron chi connectivity index (χ0n) is 9.63. The summed E-state index contributed by atoms with van der Waals surface area (Å²) in [7, 11) is 1.19. The van der Waals surface area contributed by atoms with Crippen molar-refractivity contribution in [3.63, 3.8) is 0 Å². The van der Waals surface area contributed by atoms with Gasteiger partial charge in [-0.05, 0) is 25.0 Å². The summed E-state index contributed by atoms with van der Waals surface area (Å²) in [5.74, 6) is -2.51. The normalized spacial score (nSPS) is 16.2. The van der Waals surface area contributed by atoms with Crippen LogP contribution in [-0.2, 0) is 0 Å². The minimum atomic E-state index is -0.885. The molecule has 0 aliphatic heterocycles. The summed E-state index contributed by atoms with van der Waals surface area (Å²) >= 11 is 0. The van der Waals surface area contributed by atoms with E-state index in [9.17, 15) is 13.6 Å². The molecule has 1 aliphatic rings. The van der Waals surface area contributed by atoms with Crippen molar-refractivity contribution in [3.8, 4) is 5.75 Å². The molecule has 0 heterocycles. The Hall–Kier alpha value is -1.45. The Kier molecular flexibility index (Phi) is 3.41. The number of halogens is 2. The molecule has 0 bridgehead atoms. The van der Waals surface area contributed by atoms with Crippen LogP contribution in [0.15, 0.2) is 12.1 Å². The predicted octanol–water partition coefficient (Wildman–Crippen LogP) is 3.35. The van der Waals surface area contributed by atoms with Crippen LogP contribution in [0.25, 0.3) is 0 Å². The van der Waals surface area contributed by atoms with Gasteiger partial charge in [-0.15, -0.1) is 0 Å². The fourth-order valence-electron chi connectivity index (χ4n) is 2.32. The predicted molar refractivity (Wildman–Crippen MR) is 59.2 cm³/mol. The molecule has 0 radical (unpaired) electrons. The lowest BCUT2D eigenvalue weighted by Gasteiger charge is -2.11. The highest BCUT2D eigenvalue weighted by atomic mass is 19.1. The van der Waals surface area contributed by atoms with Crippen LogP contribution < -0.4 is 4.74 Å². The minimum absolute atomic E-state index is 0.0600. The van der Waals surface area contributed by atoms with Gasteiger partial charge in [0.15, 0.2) is 23.2 Å². The van der Waals surface area contributed by atoms with E-state index in [1.165, 1.54) is 13.2 Å². The van der Waals surface area contributed by atoms with Crippen molar-refractivity contribution in [2.45, 2.75) is 25.7 Å². The van der Waals surface area contributed by atoms with Crippen LogP contribution in [0.5, 0.6) is 5.75 Å². The van der Waals surface area contributed by atoms with Gasteiger partial charge in [0.25, 0.3) is 0 Å². The lowest BCUT2D eigenvalue weighted by atomic mass is 9.95. The van der Waals surface area contributed by atoms with Gasteiger partial charge in [0.05, 0.1) is 12.7 Å². The van der Waals surface area contributed by atoms with Crippen LogP contribution in [-0.4, -0.2) is 12.9 Å². The lowest BCUT2D eigenvalue weighted by Crippen LogP contribution is -2.13. The van der Waals surface area contributed by atoms with E-state index in [2.05, 4.69) is 4.74 Å². The van der Waals surface area contributed by atoms with Crippen molar-refractivity contribution in [1.82, 2.24) is 0 Å². The van der Waals surface area contributed by atoms with Crippen LogP contribution in [0, 0.1) is 17.6 Å². The first kappa shape index (κ1) is 12.0. The van der Waals surface area contributed by atoms with Gasteiger partial charge in [0, 0.05) is 5.92 Å². The number of benzene rings is 1. The average molecular weight is 240 g/mol. The Morgan fingerprint density at radius 2 is 1.94 bits per heavy atom. The Morgan fingerprint density at radius 3 is 2.53 bits per heavy atom. The van der Waals surface area contributed by atoms with Crippen LogP contribution in [0.3, 0.4) is 0 Å². The van der Waals surface area contributed by atoms with Gasteiger partial charge in [0.1, 0.15) is 0 Å². The Morgan fingerprint density at radius 1 is 1.29 bits per heavy atom. The first-order valence-electron chi connectivity index (χ1n) is 5.71. The maximum absolute atomic E-state index is 13.9. The summed E-state index contributed by atoms with van der Waals surface area (Å²) in [6.07, 6.45) is 3.57. The standard InChI is InChI=1S/C13H14F2O2/c1-17-13-10(14)7-6-9(11(13)15)12(16)8-4-2-3-5-8/h6-8H,2-5H2,1H3. The summed E-state index contributed by atoms with van der Waals surface area (Å²) in [5, 5.41) is 0. The van der Waals surface area contributed by atoms with E-state index in [0.717, 1.165) is 31.7 Å². The highest BCUT2D eigenvalue weighted by Crippen LogP contribution is 2.31. The molecule has 0 N–H and O–H groups in total. The van der Waals surface area contributed by atoms with E-state index in [0.29, 0.717) is 0 Å². The summed E-state index contributed by atoms with van der Waals surface area (Å²) in [6.45, 7) is 0. The second-order valence-corrected chi connectivity index (χ2v) is 4.29. The van der Waals surface area contributed by atoms with E-state index in [1.807, 2.05) is 0 Å². The molecule has 0 unspecified atom stereocenters.